The van der Waals surface area contributed by atoms with E-state index in [1.165, 1.54) is 238 Å². The molecule has 4 nitrogen and oxygen atoms in total. The van der Waals surface area contributed by atoms with E-state index in [9.17, 15) is 4.79 Å². The van der Waals surface area contributed by atoms with Crippen molar-refractivity contribution >= 4 is 5.97 Å². The summed E-state index contributed by atoms with van der Waals surface area (Å²) in [5.74, 6) is -0.655. The molecule has 302 valence electrons. The molecule has 0 atom stereocenters. The highest BCUT2D eigenvalue weighted by Gasteiger charge is 1.98. The van der Waals surface area contributed by atoms with E-state index in [2.05, 4.69) is 6.92 Å². The molecule has 0 aromatic carbocycles. The minimum absolute atomic E-state index is 0.345. The quantitative estimate of drug-likeness (QED) is 0.0551. The predicted octanol–water partition coefficient (Wildman–Crippen LogP) is 15.4. The van der Waals surface area contributed by atoms with Crippen LogP contribution < -0.4 is 0 Å². The lowest BCUT2D eigenvalue weighted by molar-refractivity contribution is -0.137. The lowest BCUT2D eigenvalue weighted by atomic mass is 10.0. The Balaban J connectivity index is 0. The molecule has 0 spiro atoms. The van der Waals surface area contributed by atoms with E-state index in [0.717, 1.165) is 25.7 Å². The highest BCUT2D eigenvalue weighted by atomic mass is 16.4. The summed E-state index contributed by atoms with van der Waals surface area (Å²) in [4.78, 5) is 10.3. The first kappa shape index (κ1) is 51.5. The molecule has 3 N–H and O–H groups in total. The van der Waals surface area contributed by atoms with E-state index in [4.69, 9.17) is 15.3 Å². The number of hydrogen-bond acceptors (Lipinski definition) is 3. The van der Waals surface area contributed by atoms with Gasteiger partial charge in [0.25, 0.3) is 0 Å². The van der Waals surface area contributed by atoms with Crippen LogP contribution in [-0.4, -0.2) is 34.5 Å². The van der Waals surface area contributed by atoms with Crippen LogP contribution in [-0.2, 0) is 4.79 Å². The van der Waals surface area contributed by atoms with Crippen molar-refractivity contribution in [3.05, 3.63) is 0 Å². The maximum absolute atomic E-state index is 10.3. The monoisotopic (exact) mass is 711 g/mol. The number of unbranched alkanes of at least 4 members (excludes halogenated alkanes) is 39. The van der Waals surface area contributed by atoms with Crippen molar-refractivity contribution in [1.29, 1.82) is 0 Å². The number of aliphatic hydroxyl groups excluding tert-OH is 2. The van der Waals surface area contributed by atoms with Crippen molar-refractivity contribution < 1.29 is 20.1 Å². The van der Waals surface area contributed by atoms with Gasteiger partial charge in [0.15, 0.2) is 0 Å². The molecule has 0 saturated heterocycles. The maximum atomic E-state index is 10.3. The number of aliphatic hydroxyl groups is 2. The second-order valence-corrected chi connectivity index (χ2v) is 15.7. The van der Waals surface area contributed by atoms with E-state index >= 15 is 0 Å². The molecular formula is C46H94O4. The SMILES string of the molecule is CCCCCCCCCCCCCCCC(=O)O.OCCCCCCCCCCCCCCCCCCCCCCCCCCCCCCO. The van der Waals surface area contributed by atoms with Crippen LogP contribution in [0.4, 0.5) is 0 Å². The summed E-state index contributed by atoms with van der Waals surface area (Å²) in [6.07, 6.45) is 56.0. The fourth-order valence-corrected chi connectivity index (χ4v) is 7.11. The zero-order chi connectivity index (χ0) is 36.7. The van der Waals surface area contributed by atoms with E-state index in [1.807, 2.05) is 0 Å². The third-order valence-electron chi connectivity index (χ3n) is 10.6. The largest absolute Gasteiger partial charge is 0.481 e. The third kappa shape index (κ3) is 54.2. The molecular weight excluding hydrogens is 617 g/mol. The smallest absolute Gasteiger partial charge is 0.303 e. The summed E-state index contributed by atoms with van der Waals surface area (Å²) < 4.78 is 0. The van der Waals surface area contributed by atoms with Crippen molar-refractivity contribution in [1.82, 2.24) is 0 Å². The molecule has 0 aliphatic rings. The highest BCUT2D eigenvalue weighted by molar-refractivity contribution is 5.66. The van der Waals surface area contributed by atoms with Gasteiger partial charge in [0, 0.05) is 19.6 Å². The number of rotatable bonds is 43. The Kier molecular flexibility index (Phi) is 52.0. The maximum Gasteiger partial charge on any atom is 0.303 e. The number of carbonyl (C=O) groups is 1. The Morgan fingerprint density at radius 3 is 0.600 bits per heavy atom. The van der Waals surface area contributed by atoms with Crippen LogP contribution in [0.15, 0.2) is 0 Å². The van der Waals surface area contributed by atoms with Crippen molar-refractivity contribution in [3.63, 3.8) is 0 Å². The van der Waals surface area contributed by atoms with E-state index < -0.39 is 5.97 Å². The van der Waals surface area contributed by atoms with Crippen molar-refractivity contribution in [3.8, 4) is 0 Å². The summed E-state index contributed by atoms with van der Waals surface area (Å²) in [5, 5.41) is 26.0. The Labute approximate surface area is 315 Å². The molecule has 50 heavy (non-hydrogen) atoms. The van der Waals surface area contributed by atoms with Crippen LogP contribution in [0.5, 0.6) is 0 Å². The lowest BCUT2D eigenvalue weighted by Crippen LogP contribution is -1.93. The fraction of sp³-hybridized carbons (Fsp3) is 0.978. The highest BCUT2D eigenvalue weighted by Crippen LogP contribution is 2.17. The van der Waals surface area contributed by atoms with Crippen molar-refractivity contribution in [2.75, 3.05) is 13.2 Å². The second-order valence-electron chi connectivity index (χ2n) is 15.7. The first-order valence-electron chi connectivity index (χ1n) is 23.1. The molecule has 0 heterocycles. The Hall–Kier alpha value is -0.610. The van der Waals surface area contributed by atoms with Gasteiger partial charge in [0.1, 0.15) is 0 Å². The van der Waals surface area contributed by atoms with Gasteiger partial charge in [-0.25, -0.2) is 0 Å². The lowest BCUT2D eigenvalue weighted by Gasteiger charge is -2.04. The normalized spacial score (nSPS) is 11.2. The van der Waals surface area contributed by atoms with Crippen molar-refractivity contribution in [2.45, 2.75) is 277 Å². The van der Waals surface area contributed by atoms with Crippen LogP contribution in [0.3, 0.4) is 0 Å². The predicted molar refractivity (Wildman–Crippen MR) is 221 cm³/mol. The Morgan fingerprint density at radius 2 is 0.440 bits per heavy atom. The molecule has 0 aliphatic heterocycles. The summed E-state index contributed by atoms with van der Waals surface area (Å²) in [6, 6.07) is 0. The summed E-state index contributed by atoms with van der Waals surface area (Å²) in [5.41, 5.74) is 0. The van der Waals surface area contributed by atoms with Gasteiger partial charge in [-0.1, -0.05) is 251 Å². The standard InChI is InChI=1S/C30H62O2.C16H32O2/c31-29-27-25-23-21-19-17-15-13-11-9-7-5-3-1-2-4-6-8-10-12-14-16-18-20-22-24-26-28-30-32;1-2-3-4-5-6-7-8-9-10-11-12-13-14-15-16(17)18/h31-32H,1-30H2;2-15H2,1H3,(H,17,18). The average Bonchev–Trinajstić information content (AvgIpc) is 3.11. The van der Waals surface area contributed by atoms with Gasteiger partial charge < -0.3 is 15.3 Å². The molecule has 0 amide bonds. The van der Waals surface area contributed by atoms with Gasteiger partial charge in [0.2, 0.25) is 0 Å². The first-order chi connectivity index (χ1) is 24.7. The molecule has 4 heteroatoms. The molecule has 0 fully saturated rings. The van der Waals surface area contributed by atoms with Crippen LogP contribution in [0.1, 0.15) is 277 Å². The van der Waals surface area contributed by atoms with Gasteiger partial charge in [-0.3, -0.25) is 4.79 Å². The number of hydrogen-bond donors (Lipinski definition) is 3. The number of carboxylic acid groups (broad SMARTS) is 1. The van der Waals surface area contributed by atoms with Gasteiger partial charge >= 0.3 is 5.97 Å². The summed E-state index contributed by atoms with van der Waals surface area (Å²) in [7, 11) is 0. The fourth-order valence-electron chi connectivity index (χ4n) is 7.11. The number of carboxylic acids is 1. The Bertz CT molecular complexity index is 550. The van der Waals surface area contributed by atoms with Crippen LogP contribution in [0, 0.1) is 0 Å². The first-order valence-corrected chi connectivity index (χ1v) is 23.1. The second kappa shape index (κ2) is 50.5. The van der Waals surface area contributed by atoms with Crippen LogP contribution in [0.25, 0.3) is 0 Å². The zero-order valence-electron chi connectivity index (χ0n) is 34.4. The topological polar surface area (TPSA) is 77.8 Å². The molecule has 0 aromatic heterocycles. The minimum atomic E-state index is -0.655. The van der Waals surface area contributed by atoms with Gasteiger partial charge in [-0.15, -0.1) is 0 Å². The molecule has 0 bridgehead atoms. The Morgan fingerprint density at radius 1 is 0.280 bits per heavy atom. The van der Waals surface area contributed by atoms with E-state index in [0.29, 0.717) is 19.6 Å². The van der Waals surface area contributed by atoms with Crippen molar-refractivity contribution in [2.24, 2.45) is 0 Å². The summed E-state index contributed by atoms with van der Waals surface area (Å²) >= 11 is 0. The average molecular weight is 711 g/mol. The third-order valence-corrected chi connectivity index (χ3v) is 10.6. The molecule has 0 aliphatic carbocycles. The minimum Gasteiger partial charge on any atom is -0.481 e. The van der Waals surface area contributed by atoms with Gasteiger partial charge in [0.05, 0.1) is 0 Å². The van der Waals surface area contributed by atoms with Crippen LogP contribution >= 0.6 is 0 Å². The number of aliphatic carboxylic acids is 1. The molecule has 0 rings (SSSR count). The van der Waals surface area contributed by atoms with Crippen LogP contribution in [0.2, 0.25) is 0 Å². The molecule has 0 radical (unpaired) electrons. The molecule has 0 saturated carbocycles. The van der Waals surface area contributed by atoms with Gasteiger partial charge in [-0.05, 0) is 19.3 Å². The molecule has 0 unspecified atom stereocenters. The van der Waals surface area contributed by atoms with Gasteiger partial charge in [-0.2, -0.15) is 0 Å². The van der Waals surface area contributed by atoms with E-state index in [1.54, 1.807) is 0 Å². The zero-order valence-corrected chi connectivity index (χ0v) is 34.4. The van der Waals surface area contributed by atoms with E-state index in [-0.39, 0.29) is 0 Å². The summed E-state index contributed by atoms with van der Waals surface area (Å²) in [6.45, 7) is 3.00. The molecule has 0 aromatic rings.